The highest BCUT2D eigenvalue weighted by Crippen LogP contribution is 1.99. The van der Waals surface area contributed by atoms with Gasteiger partial charge in [-0.2, -0.15) is 0 Å². The number of likely N-dealkylation sites (N-methyl/N-ethyl adjacent to an activating group) is 1. The quantitative estimate of drug-likeness (QED) is 0.673. The van der Waals surface area contributed by atoms with E-state index in [-0.39, 0.29) is 11.9 Å². The minimum Gasteiger partial charge on any atom is -0.342 e. The molecule has 4 nitrogen and oxygen atoms in total. The van der Waals surface area contributed by atoms with Gasteiger partial charge < -0.3 is 10.6 Å². The Kier molecular flexibility index (Phi) is 8.21. The van der Waals surface area contributed by atoms with Gasteiger partial charge in [0.25, 0.3) is 0 Å². The highest BCUT2D eigenvalue weighted by molar-refractivity contribution is 5.78. The SMILES string of the molecule is CCCN(CCCN)CC(=O)N(C)C(C)C. The summed E-state index contributed by atoms with van der Waals surface area (Å²) in [6.45, 7) is 9.28. The van der Waals surface area contributed by atoms with Gasteiger partial charge in [-0.1, -0.05) is 6.92 Å². The fourth-order valence-corrected chi connectivity index (χ4v) is 1.49. The van der Waals surface area contributed by atoms with Crippen molar-refractivity contribution in [3.8, 4) is 0 Å². The van der Waals surface area contributed by atoms with Gasteiger partial charge in [0.2, 0.25) is 5.91 Å². The molecule has 0 rings (SSSR count). The van der Waals surface area contributed by atoms with Crippen LogP contribution in [0.1, 0.15) is 33.6 Å². The van der Waals surface area contributed by atoms with Crippen molar-refractivity contribution in [2.24, 2.45) is 5.73 Å². The summed E-state index contributed by atoms with van der Waals surface area (Å²) in [5.41, 5.74) is 5.49. The Morgan fingerprint density at radius 1 is 1.31 bits per heavy atom. The molecule has 0 unspecified atom stereocenters. The number of carbonyl (C=O) groups is 1. The molecule has 0 fully saturated rings. The van der Waals surface area contributed by atoms with Gasteiger partial charge in [0.05, 0.1) is 6.54 Å². The molecule has 0 saturated heterocycles. The molecule has 0 aromatic heterocycles. The predicted octanol–water partition coefficient (Wildman–Crippen LogP) is 0.914. The maximum atomic E-state index is 11.9. The van der Waals surface area contributed by atoms with Crippen LogP contribution in [0.25, 0.3) is 0 Å². The molecule has 0 aromatic rings. The zero-order valence-corrected chi connectivity index (χ0v) is 11.2. The Bertz CT molecular complexity index is 195. The molecule has 0 saturated carbocycles. The maximum Gasteiger partial charge on any atom is 0.236 e. The number of hydrogen-bond acceptors (Lipinski definition) is 3. The number of carbonyl (C=O) groups excluding carboxylic acids is 1. The third-order valence-corrected chi connectivity index (χ3v) is 2.75. The summed E-state index contributed by atoms with van der Waals surface area (Å²) in [5, 5.41) is 0. The number of nitrogens with two attached hydrogens (primary N) is 1. The largest absolute Gasteiger partial charge is 0.342 e. The molecule has 0 bridgehead atoms. The smallest absolute Gasteiger partial charge is 0.236 e. The van der Waals surface area contributed by atoms with Crippen molar-refractivity contribution >= 4 is 5.91 Å². The minimum atomic E-state index is 0.195. The van der Waals surface area contributed by atoms with Gasteiger partial charge in [-0.25, -0.2) is 0 Å². The lowest BCUT2D eigenvalue weighted by Crippen LogP contribution is -2.42. The molecule has 4 heteroatoms. The van der Waals surface area contributed by atoms with E-state index >= 15 is 0 Å². The van der Waals surface area contributed by atoms with Crippen molar-refractivity contribution in [1.82, 2.24) is 9.80 Å². The van der Waals surface area contributed by atoms with E-state index in [9.17, 15) is 4.79 Å². The van der Waals surface area contributed by atoms with Gasteiger partial charge in [0, 0.05) is 13.1 Å². The van der Waals surface area contributed by atoms with Crippen LogP contribution >= 0.6 is 0 Å². The number of rotatable bonds is 8. The second-order valence-electron chi connectivity index (χ2n) is 4.52. The lowest BCUT2D eigenvalue weighted by Gasteiger charge is -2.26. The average molecular weight is 229 g/mol. The van der Waals surface area contributed by atoms with Crippen LogP contribution in [0, 0.1) is 0 Å². The molecule has 0 aromatic carbocycles. The molecule has 0 atom stereocenters. The monoisotopic (exact) mass is 229 g/mol. The van der Waals surface area contributed by atoms with Gasteiger partial charge >= 0.3 is 0 Å². The molecule has 0 spiro atoms. The Balaban J connectivity index is 4.11. The van der Waals surface area contributed by atoms with E-state index in [0.717, 1.165) is 25.9 Å². The van der Waals surface area contributed by atoms with Crippen molar-refractivity contribution in [3.05, 3.63) is 0 Å². The average Bonchev–Trinajstić information content (AvgIpc) is 2.24. The molecule has 96 valence electrons. The van der Waals surface area contributed by atoms with E-state index in [4.69, 9.17) is 5.73 Å². The standard InChI is InChI=1S/C12H27N3O/c1-5-8-15(9-6-7-13)10-12(16)14(4)11(2)3/h11H,5-10,13H2,1-4H3. The van der Waals surface area contributed by atoms with Crippen LogP contribution in [0.2, 0.25) is 0 Å². The van der Waals surface area contributed by atoms with E-state index < -0.39 is 0 Å². The highest BCUT2D eigenvalue weighted by atomic mass is 16.2. The summed E-state index contributed by atoms with van der Waals surface area (Å²) >= 11 is 0. The van der Waals surface area contributed by atoms with Crippen molar-refractivity contribution in [3.63, 3.8) is 0 Å². The van der Waals surface area contributed by atoms with E-state index in [1.807, 2.05) is 20.9 Å². The molecule has 0 heterocycles. The van der Waals surface area contributed by atoms with E-state index in [1.165, 1.54) is 0 Å². The third-order valence-electron chi connectivity index (χ3n) is 2.75. The van der Waals surface area contributed by atoms with Gasteiger partial charge in [0.1, 0.15) is 0 Å². The lowest BCUT2D eigenvalue weighted by molar-refractivity contribution is -0.132. The Labute approximate surface area is 99.8 Å². The molecule has 0 radical (unpaired) electrons. The highest BCUT2D eigenvalue weighted by Gasteiger charge is 2.15. The number of amides is 1. The fraction of sp³-hybridized carbons (Fsp3) is 0.917. The van der Waals surface area contributed by atoms with Crippen molar-refractivity contribution < 1.29 is 4.79 Å². The fourth-order valence-electron chi connectivity index (χ4n) is 1.49. The second-order valence-corrected chi connectivity index (χ2v) is 4.52. The Morgan fingerprint density at radius 2 is 1.94 bits per heavy atom. The molecule has 1 amide bonds. The summed E-state index contributed by atoms with van der Waals surface area (Å²) in [4.78, 5) is 15.9. The number of hydrogen-bond donors (Lipinski definition) is 1. The van der Waals surface area contributed by atoms with E-state index in [0.29, 0.717) is 13.1 Å². The topological polar surface area (TPSA) is 49.6 Å². The zero-order valence-electron chi connectivity index (χ0n) is 11.2. The first-order valence-corrected chi connectivity index (χ1v) is 6.21. The van der Waals surface area contributed by atoms with Crippen molar-refractivity contribution in [2.45, 2.75) is 39.7 Å². The van der Waals surface area contributed by atoms with Crippen molar-refractivity contribution in [2.75, 3.05) is 33.2 Å². The van der Waals surface area contributed by atoms with Crippen LogP contribution < -0.4 is 5.73 Å². The molecule has 2 N–H and O–H groups in total. The summed E-state index contributed by atoms with van der Waals surface area (Å²) in [6, 6.07) is 0.269. The summed E-state index contributed by atoms with van der Waals surface area (Å²) in [6.07, 6.45) is 2.03. The maximum absolute atomic E-state index is 11.9. The van der Waals surface area contributed by atoms with E-state index in [2.05, 4.69) is 11.8 Å². The Hall–Kier alpha value is -0.610. The van der Waals surface area contributed by atoms with E-state index in [1.54, 1.807) is 4.90 Å². The molecule has 0 aliphatic carbocycles. The van der Waals surface area contributed by atoms with Crippen molar-refractivity contribution in [1.29, 1.82) is 0 Å². The molecule has 16 heavy (non-hydrogen) atoms. The van der Waals surface area contributed by atoms with Gasteiger partial charge in [-0.3, -0.25) is 9.69 Å². The van der Waals surface area contributed by atoms with Crippen LogP contribution in [0.4, 0.5) is 0 Å². The number of nitrogens with zero attached hydrogens (tertiary/aromatic N) is 2. The summed E-state index contributed by atoms with van der Waals surface area (Å²) in [5.74, 6) is 0.195. The first kappa shape index (κ1) is 15.4. The van der Waals surface area contributed by atoms with Crippen LogP contribution in [0.3, 0.4) is 0 Å². The predicted molar refractivity (Wildman–Crippen MR) is 68.3 cm³/mol. The third kappa shape index (κ3) is 6.08. The Morgan fingerprint density at radius 3 is 2.38 bits per heavy atom. The van der Waals surface area contributed by atoms with Crippen LogP contribution in [-0.4, -0.2) is 55.0 Å². The van der Waals surface area contributed by atoms with Crippen LogP contribution in [-0.2, 0) is 4.79 Å². The zero-order chi connectivity index (χ0) is 12.6. The summed E-state index contributed by atoms with van der Waals surface area (Å²) < 4.78 is 0. The van der Waals surface area contributed by atoms with Gasteiger partial charge in [0.15, 0.2) is 0 Å². The second kappa shape index (κ2) is 8.53. The molecular weight excluding hydrogens is 202 g/mol. The minimum absolute atomic E-state index is 0.195. The molecular formula is C12H27N3O. The summed E-state index contributed by atoms with van der Waals surface area (Å²) in [7, 11) is 1.86. The normalized spacial score (nSPS) is 11.2. The van der Waals surface area contributed by atoms with Crippen LogP contribution in [0.5, 0.6) is 0 Å². The molecule has 0 aliphatic rings. The first-order valence-electron chi connectivity index (χ1n) is 6.21. The first-order chi connectivity index (χ1) is 7.52. The van der Waals surface area contributed by atoms with Gasteiger partial charge in [-0.05, 0) is 46.3 Å². The molecule has 0 aliphatic heterocycles. The lowest BCUT2D eigenvalue weighted by atomic mass is 10.3. The van der Waals surface area contributed by atoms with Crippen LogP contribution in [0.15, 0.2) is 0 Å². The van der Waals surface area contributed by atoms with Gasteiger partial charge in [-0.15, -0.1) is 0 Å².